The molecule has 0 unspecified atom stereocenters. The lowest BCUT2D eigenvalue weighted by atomic mass is 9.98. The fraction of sp³-hybridized carbons (Fsp3) is 1.00. The molecule has 2 saturated carbocycles. The Bertz CT molecular complexity index is 146. The Morgan fingerprint density at radius 1 is 1.18 bits per heavy atom. The second kappa shape index (κ2) is 2.76. The van der Waals surface area contributed by atoms with Gasteiger partial charge in [-0.05, 0) is 37.5 Å². The molecule has 0 aromatic rings. The van der Waals surface area contributed by atoms with Crippen molar-refractivity contribution in [2.75, 3.05) is 14.1 Å². The lowest BCUT2D eigenvalue weighted by Gasteiger charge is -2.24. The maximum atomic E-state index is 5.68. The van der Waals surface area contributed by atoms with Gasteiger partial charge in [-0.3, -0.25) is 4.84 Å². The maximum Gasteiger partial charge on any atom is 0.0823 e. The number of fused-ring (bicyclic) bond motifs is 2. The van der Waals surface area contributed by atoms with Gasteiger partial charge in [-0.25, -0.2) is 0 Å². The van der Waals surface area contributed by atoms with E-state index in [0.29, 0.717) is 6.10 Å². The Labute approximate surface area is 68.5 Å². The molecule has 0 N–H and O–H groups in total. The van der Waals surface area contributed by atoms with E-state index >= 15 is 0 Å². The van der Waals surface area contributed by atoms with Gasteiger partial charge in [-0.15, -0.1) is 0 Å². The monoisotopic (exact) mass is 155 g/mol. The highest BCUT2D eigenvalue weighted by atomic mass is 16.7. The van der Waals surface area contributed by atoms with Crippen molar-refractivity contribution >= 4 is 0 Å². The Morgan fingerprint density at radius 2 is 2.00 bits per heavy atom. The number of hydrogen-bond acceptors (Lipinski definition) is 2. The van der Waals surface area contributed by atoms with E-state index in [2.05, 4.69) is 0 Å². The summed E-state index contributed by atoms with van der Waals surface area (Å²) in [5.74, 6) is 1.87. The van der Waals surface area contributed by atoms with Gasteiger partial charge in [-0.2, -0.15) is 5.06 Å². The van der Waals surface area contributed by atoms with Crippen LogP contribution in [-0.4, -0.2) is 25.3 Å². The lowest BCUT2D eigenvalue weighted by Crippen LogP contribution is -2.27. The van der Waals surface area contributed by atoms with E-state index in [1.807, 2.05) is 19.2 Å². The minimum absolute atomic E-state index is 0.545. The van der Waals surface area contributed by atoms with Crippen LogP contribution < -0.4 is 0 Å². The third-order valence-corrected chi connectivity index (χ3v) is 3.02. The molecule has 64 valence electrons. The first kappa shape index (κ1) is 7.56. The Morgan fingerprint density at radius 3 is 2.45 bits per heavy atom. The van der Waals surface area contributed by atoms with Crippen LogP contribution in [0.15, 0.2) is 0 Å². The molecule has 0 amide bonds. The third-order valence-electron chi connectivity index (χ3n) is 3.02. The van der Waals surface area contributed by atoms with Crippen molar-refractivity contribution in [2.45, 2.75) is 31.8 Å². The van der Waals surface area contributed by atoms with Gasteiger partial charge in [-0.1, -0.05) is 0 Å². The van der Waals surface area contributed by atoms with Crippen molar-refractivity contribution in [3.63, 3.8) is 0 Å². The summed E-state index contributed by atoms with van der Waals surface area (Å²) >= 11 is 0. The van der Waals surface area contributed by atoms with Crippen molar-refractivity contribution in [3.8, 4) is 0 Å². The molecule has 0 spiro atoms. The van der Waals surface area contributed by atoms with E-state index in [9.17, 15) is 0 Å². The lowest BCUT2D eigenvalue weighted by molar-refractivity contribution is -0.178. The van der Waals surface area contributed by atoms with E-state index in [0.717, 1.165) is 11.8 Å². The van der Waals surface area contributed by atoms with Gasteiger partial charge in [0.25, 0.3) is 0 Å². The molecule has 0 heterocycles. The summed E-state index contributed by atoms with van der Waals surface area (Å²) in [4.78, 5) is 5.68. The predicted molar refractivity (Wildman–Crippen MR) is 44.0 cm³/mol. The molecule has 0 saturated heterocycles. The smallest absolute Gasteiger partial charge is 0.0823 e. The second-order valence-corrected chi connectivity index (χ2v) is 4.13. The Balaban J connectivity index is 1.87. The van der Waals surface area contributed by atoms with Crippen molar-refractivity contribution in [1.29, 1.82) is 0 Å². The summed E-state index contributed by atoms with van der Waals surface area (Å²) in [6, 6.07) is 0. The summed E-state index contributed by atoms with van der Waals surface area (Å²) in [6.45, 7) is 0. The average Bonchev–Trinajstić information content (AvgIpc) is 2.45. The van der Waals surface area contributed by atoms with Crippen LogP contribution in [0.25, 0.3) is 0 Å². The van der Waals surface area contributed by atoms with Crippen LogP contribution in [0.1, 0.15) is 25.7 Å². The quantitative estimate of drug-likeness (QED) is 0.562. The zero-order valence-corrected chi connectivity index (χ0v) is 7.42. The van der Waals surface area contributed by atoms with E-state index in [1.165, 1.54) is 25.7 Å². The van der Waals surface area contributed by atoms with Gasteiger partial charge < -0.3 is 0 Å². The minimum atomic E-state index is 0.545. The first-order valence-corrected chi connectivity index (χ1v) is 4.60. The van der Waals surface area contributed by atoms with Crippen LogP contribution in [-0.2, 0) is 4.84 Å². The Kier molecular flexibility index (Phi) is 1.90. The van der Waals surface area contributed by atoms with E-state index in [-0.39, 0.29) is 0 Å². The van der Waals surface area contributed by atoms with Crippen molar-refractivity contribution in [3.05, 3.63) is 0 Å². The molecule has 2 bridgehead atoms. The molecule has 0 aromatic carbocycles. The van der Waals surface area contributed by atoms with Crippen molar-refractivity contribution in [1.82, 2.24) is 5.06 Å². The zero-order valence-electron chi connectivity index (χ0n) is 7.42. The van der Waals surface area contributed by atoms with Gasteiger partial charge in [0.05, 0.1) is 6.10 Å². The number of hydroxylamine groups is 2. The van der Waals surface area contributed by atoms with Crippen molar-refractivity contribution in [2.24, 2.45) is 11.8 Å². The van der Waals surface area contributed by atoms with Gasteiger partial charge in [0.2, 0.25) is 0 Å². The predicted octanol–water partition coefficient (Wildman–Crippen LogP) is 1.67. The van der Waals surface area contributed by atoms with E-state index < -0.39 is 0 Å². The van der Waals surface area contributed by atoms with E-state index in [4.69, 9.17) is 4.84 Å². The summed E-state index contributed by atoms with van der Waals surface area (Å²) in [6.07, 6.45) is 6.14. The van der Waals surface area contributed by atoms with Crippen molar-refractivity contribution < 1.29 is 4.84 Å². The van der Waals surface area contributed by atoms with Gasteiger partial charge >= 0.3 is 0 Å². The van der Waals surface area contributed by atoms with Crippen LogP contribution in [0.2, 0.25) is 0 Å². The van der Waals surface area contributed by atoms with Crippen LogP contribution in [0.3, 0.4) is 0 Å². The molecule has 11 heavy (non-hydrogen) atoms. The summed E-state index contributed by atoms with van der Waals surface area (Å²) in [7, 11) is 3.96. The van der Waals surface area contributed by atoms with E-state index in [1.54, 1.807) is 0 Å². The number of hydrogen-bond donors (Lipinski definition) is 0. The van der Waals surface area contributed by atoms with Crippen LogP contribution in [0, 0.1) is 11.8 Å². The molecule has 2 aliphatic carbocycles. The largest absolute Gasteiger partial charge is 0.296 e. The summed E-state index contributed by atoms with van der Waals surface area (Å²) < 4.78 is 0. The maximum absolute atomic E-state index is 5.68. The van der Waals surface area contributed by atoms with Gasteiger partial charge in [0.1, 0.15) is 0 Å². The second-order valence-electron chi connectivity index (χ2n) is 4.13. The molecule has 0 radical (unpaired) electrons. The normalized spacial score (nSPS) is 42.3. The third kappa shape index (κ3) is 1.42. The molecule has 2 heteroatoms. The topological polar surface area (TPSA) is 12.5 Å². The minimum Gasteiger partial charge on any atom is -0.296 e. The molecular formula is C9H17NO. The highest BCUT2D eigenvalue weighted by Crippen LogP contribution is 2.45. The average molecular weight is 155 g/mol. The molecule has 0 aliphatic heterocycles. The molecule has 2 rings (SSSR count). The first-order chi connectivity index (χ1) is 5.25. The highest BCUT2D eigenvalue weighted by Gasteiger charge is 2.40. The fourth-order valence-corrected chi connectivity index (χ4v) is 2.59. The molecule has 2 nitrogen and oxygen atoms in total. The highest BCUT2D eigenvalue weighted by molar-refractivity contribution is 4.90. The standard InChI is InChI=1S/C9H17NO/c1-10(2)11-9-6-7-3-4-8(9)5-7/h7-9H,3-6H2,1-2H3/t7-,8-,9+/m0/s1. The molecule has 0 aromatic heterocycles. The van der Waals surface area contributed by atoms with Gasteiger partial charge in [0, 0.05) is 14.1 Å². The molecule has 3 atom stereocenters. The first-order valence-electron chi connectivity index (χ1n) is 4.60. The van der Waals surface area contributed by atoms with Crippen LogP contribution in [0.4, 0.5) is 0 Å². The van der Waals surface area contributed by atoms with Crippen LogP contribution in [0.5, 0.6) is 0 Å². The Hall–Kier alpha value is -0.0800. The SMILES string of the molecule is CN(C)O[C@@H]1C[C@H]2CC[C@H]1C2. The van der Waals surface area contributed by atoms with Crippen LogP contribution >= 0.6 is 0 Å². The number of nitrogens with zero attached hydrogens (tertiary/aromatic N) is 1. The molecule has 2 fully saturated rings. The summed E-state index contributed by atoms with van der Waals surface area (Å²) in [5.41, 5.74) is 0. The number of rotatable bonds is 2. The fourth-order valence-electron chi connectivity index (χ4n) is 2.59. The molecular weight excluding hydrogens is 138 g/mol. The van der Waals surface area contributed by atoms with Gasteiger partial charge in [0.15, 0.2) is 0 Å². The molecule has 2 aliphatic rings. The summed E-state index contributed by atoms with van der Waals surface area (Å²) in [5, 5.41) is 1.85. The zero-order chi connectivity index (χ0) is 7.84.